The normalized spacial score (nSPS) is 11.8. The van der Waals surface area contributed by atoms with Crippen LogP contribution < -0.4 is 24.4 Å². The zero-order valence-electron chi connectivity index (χ0n) is 17.7. The van der Waals surface area contributed by atoms with Crippen molar-refractivity contribution in [3.63, 3.8) is 0 Å². The fraction of sp³-hybridized carbons (Fsp3) is 0.261. The first-order valence-corrected chi connectivity index (χ1v) is 9.37. The summed E-state index contributed by atoms with van der Waals surface area (Å²) in [7, 11) is 4.36. The minimum atomic E-state index is -0.872. The summed E-state index contributed by atoms with van der Waals surface area (Å²) in [5.74, 6) is 0.928. The largest absolute Gasteiger partial charge is 0.507 e. The highest BCUT2D eigenvalue weighted by Gasteiger charge is 2.21. The molecule has 1 heterocycles. The van der Waals surface area contributed by atoms with E-state index in [2.05, 4.69) is 6.58 Å². The van der Waals surface area contributed by atoms with Gasteiger partial charge in [-0.15, -0.1) is 0 Å². The van der Waals surface area contributed by atoms with Gasteiger partial charge in [-0.2, -0.15) is 0 Å². The molecule has 8 nitrogen and oxygen atoms in total. The predicted molar refractivity (Wildman–Crippen MR) is 116 cm³/mol. The molecule has 0 fully saturated rings. The molecule has 3 rings (SSSR count). The van der Waals surface area contributed by atoms with Crippen molar-refractivity contribution in [2.45, 2.75) is 13.0 Å². The van der Waals surface area contributed by atoms with Crippen molar-refractivity contribution in [1.82, 2.24) is 0 Å². The van der Waals surface area contributed by atoms with E-state index in [0.29, 0.717) is 22.6 Å². The Bertz CT molecular complexity index is 1180. The summed E-state index contributed by atoms with van der Waals surface area (Å²) in [5.41, 5.74) is 0.601. The molecule has 1 aromatic heterocycles. The van der Waals surface area contributed by atoms with Crippen LogP contribution in [0.3, 0.4) is 0 Å². The van der Waals surface area contributed by atoms with E-state index in [1.807, 2.05) is 0 Å². The number of hydrogen-bond acceptors (Lipinski definition) is 8. The molecule has 0 aliphatic rings. The third kappa shape index (κ3) is 4.29. The van der Waals surface area contributed by atoms with Gasteiger partial charge in [0.1, 0.15) is 35.2 Å². The molecule has 0 saturated heterocycles. The number of ether oxygens (including phenoxy) is 4. The molecule has 8 heteroatoms. The maximum absolute atomic E-state index is 13.0. The lowest BCUT2D eigenvalue weighted by Gasteiger charge is -2.14. The number of methoxy groups -OCH3 is 3. The summed E-state index contributed by atoms with van der Waals surface area (Å²) < 4.78 is 27.4. The van der Waals surface area contributed by atoms with Gasteiger partial charge >= 0.3 is 0 Å². The van der Waals surface area contributed by atoms with Crippen LogP contribution in [0.5, 0.6) is 28.7 Å². The van der Waals surface area contributed by atoms with Crippen molar-refractivity contribution in [2.24, 2.45) is 0 Å². The lowest BCUT2D eigenvalue weighted by Crippen LogP contribution is -2.18. The fourth-order valence-electron chi connectivity index (χ4n) is 3.01. The van der Waals surface area contributed by atoms with E-state index in [9.17, 15) is 15.0 Å². The smallest absolute Gasteiger partial charge is 0.239 e. The molecule has 2 N–H and O–H groups in total. The summed E-state index contributed by atoms with van der Waals surface area (Å²) in [6.45, 7) is 5.27. The second kappa shape index (κ2) is 9.01. The fourth-order valence-corrected chi connectivity index (χ4v) is 3.01. The lowest BCUT2D eigenvalue weighted by molar-refractivity contribution is 0.135. The molecule has 0 aliphatic heterocycles. The van der Waals surface area contributed by atoms with Crippen LogP contribution in [0, 0.1) is 0 Å². The number of aromatic hydroxyl groups is 1. The molecule has 1 atom stereocenters. The minimum Gasteiger partial charge on any atom is -0.507 e. The first-order chi connectivity index (χ1) is 14.8. The monoisotopic (exact) mass is 428 g/mol. The van der Waals surface area contributed by atoms with Crippen LogP contribution in [0.15, 0.2) is 51.7 Å². The Kier molecular flexibility index (Phi) is 6.41. The van der Waals surface area contributed by atoms with E-state index in [4.69, 9.17) is 23.4 Å². The maximum atomic E-state index is 13.0. The number of aliphatic hydroxyl groups excluding tert-OH is 1. The van der Waals surface area contributed by atoms with Gasteiger partial charge in [0.15, 0.2) is 17.3 Å². The van der Waals surface area contributed by atoms with Gasteiger partial charge in [0.25, 0.3) is 0 Å². The van der Waals surface area contributed by atoms with E-state index in [1.54, 1.807) is 25.1 Å². The molecule has 0 bridgehead atoms. The Labute approximate surface area is 178 Å². The molecule has 3 aromatic rings. The molecule has 0 spiro atoms. The van der Waals surface area contributed by atoms with Gasteiger partial charge in [0, 0.05) is 17.7 Å². The van der Waals surface area contributed by atoms with Gasteiger partial charge in [-0.05, 0) is 30.7 Å². The standard InChI is InChI=1S/C23H24O8/c1-12(2)16(25)11-30-14-9-15(24)20-19(10-14)31-22(23(29-5)21(20)26)13-6-7-17(27-3)18(8-13)28-4/h6-10,16,24-25H,1,11H2,2-5H3. The van der Waals surface area contributed by atoms with Crippen LogP contribution in [0.2, 0.25) is 0 Å². The summed E-state index contributed by atoms with van der Waals surface area (Å²) in [6.07, 6.45) is -0.872. The van der Waals surface area contributed by atoms with Crippen LogP contribution in [-0.4, -0.2) is 44.3 Å². The summed E-state index contributed by atoms with van der Waals surface area (Å²) in [4.78, 5) is 13.0. The van der Waals surface area contributed by atoms with Crippen molar-refractivity contribution in [3.05, 3.63) is 52.7 Å². The second-order valence-corrected chi connectivity index (χ2v) is 6.85. The number of benzene rings is 2. The molecule has 2 aromatic carbocycles. The average Bonchev–Trinajstić information content (AvgIpc) is 2.76. The number of fused-ring (bicyclic) bond motifs is 1. The Morgan fingerprint density at radius 1 is 1.10 bits per heavy atom. The van der Waals surface area contributed by atoms with E-state index in [-0.39, 0.29) is 40.6 Å². The highest BCUT2D eigenvalue weighted by Crippen LogP contribution is 2.38. The number of aliphatic hydroxyl groups is 1. The Balaban J connectivity index is 2.16. The summed E-state index contributed by atoms with van der Waals surface area (Å²) >= 11 is 0. The van der Waals surface area contributed by atoms with E-state index in [0.717, 1.165) is 0 Å². The van der Waals surface area contributed by atoms with Crippen molar-refractivity contribution < 1.29 is 33.6 Å². The molecule has 0 radical (unpaired) electrons. The van der Waals surface area contributed by atoms with Gasteiger partial charge in [0.2, 0.25) is 11.2 Å². The number of hydrogen-bond donors (Lipinski definition) is 2. The summed E-state index contributed by atoms with van der Waals surface area (Å²) in [6, 6.07) is 7.76. The van der Waals surface area contributed by atoms with Gasteiger partial charge in [0.05, 0.1) is 21.3 Å². The van der Waals surface area contributed by atoms with Crippen molar-refractivity contribution >= 4 is 11.0 Å². The molecule has 164 valence electrons. The van der Waals surface area contributed by atoms with Crippen LogP contribution in [-0.2, 0) is 0 Å². The zero-order valence-corrected chi connectivity index (χ0v) is 17.7. The van der Waals surface area contributed by atoms with Gasteiger partial charge < -0.3 is 33.6 Å². The molecular weight excluding hydrogens is 404 g/mol. The van der Waals surface area contributed by atoms with Crippen LogP contribution in [0.4, 0.5) is 0 Å². The molecule has 31 heavy (non-hydrogen) atoms. The minimum absolute atomic E-state index is 0.0473. The van der Waals surface area contributed by atoms with E-state index < -0.39 is 11.5 Å². The Hall–Kier alpha value is -3.65. The summed E-state index contributed by atoms with van der Waals surface area (Å²) in [5, 5.41) is 20.2. The molecule has 0 aliphatic carbocycles. The van der Waals surface area contributed by atoms with Gasteiger partial charge in [-0.1, -0.05) is 6.58 Å². The second-order valence-electron chi connectivity index (χ2n) is 6.85. The third-order valence-electron chi connectivity index (χ3n) is 4.73. The quantitative estimate of drug-likeness (QED) is 0.525. The van der Waals surface area contributed by atoms with Crippen molar-refractivity contribution in [1.29, 1.82) is 0 Å². The van der Waals surface area contributed by atoms with E-state index in [1.165, 1.54) is 33.5 Å². The van der Waals surface area contributed by atoms with Crippen molar-refractivity contribution in [2.75, 3.05) is 27.9 Å². The first kappa shape index (κ1) is 22.0. The first-order valence-electron chi connectivity index (χ1n) is 9.37. The topological polar surface area (TPSA) is 108 Å². The lowest BCUT2D eigenvalue weighted by atomic mass is 10.1. The number of rotatable bonds is 8. The van der Waals surface area contributed by atoms with Crippen LogP contribution in [0.1, 0.15) is 6.92 Å². The van der Waals surface area contributed by atoms with Gasteiger partial charge in [-0.3, -0.25) is 4.79 Å². The number of phenolic OH excluding ortho intramolecular Hbond substituents is 1. The zero-order chi connectivity index (χ0) is 22.7. The maximum Gasteiger partial charge on any atom is 0.239 e. The SMILES string of the molecule is C=C(C)C(O)COc1cc(O)c2c(=O)c(OC)c(-c3ccc(OC)c(OC)c3)oc2c1. The molecule has 0 amide bonds. The van der Waals surface area contributed by atoms with Crippen molar-refractivity contribution in [3.8, 4) is 40.1 Å². The average molecular weight is 428 g/mol. The highest BCUT2D eigenvalue weighted by atomic mass is 16.5. The molecular formula is C23H24O8. The Morgan fingerprint density at radius 3 is 2.42 bits per heavy atom. The van der Waals surface area contributed by atoms with Gasteiger partial charge in [-0.25, -0.2) is 0 Å². The Morgan fingerprint density at radius 2 is 1.81 bits per heavy atom. The van der Waals surface area contributed by atoms with E-state index >= 15 is 0 Å². The molecule has 1 unspecified atom stereocenters. The predicted octanol–water partition coefficient (Wildman–Crippen LogP) is 3.51. The third-order valence-corrected chi connectivity index (χ3v) is 4.73. The van der Waals surface area contributed by atoms with Crippen LogP contribution >= 0.6 is 0 Å². The van der Waals surface area contributed by atoms with Crippen LogP contribution in [0.25, 0.3) is 22.3 Å². The molecule has 0 saturated carbocycles. The highest BCUT2D eigenvalue weighted by molar-refractivity contribution is 5.88. The number of phenols is 1.